The van der Waals surface area contributed by atoms with Crippen LogP contribution in [0.5, 0.6) is 0 Å². The van der Waals surface area contributed by atoms with Gasteiger partial charge in [-0.3, -0.25) is 4.99 Å². The van der Waals surface area contributed by atoms with Crippen molar-refractivity contribution < 1.29 is 4.74 Å². The summed E-state index contributed by atoms with van der Waals surface area (Å²) in [5, 5.41) is 7.96. The molecule has 0 radical (unpaired) electrons. The number of guanidine groups is 1. The van der Waals surface area contributed by atoms with E-state index in [2.05, 4.69) is 53.4 Å². The summed E-state index contributed by atoms with van der Waals surface area (Å²) < 4.78 is 5.65. The van der Waals surface area contributed by atoms with Gasteiger partial charge in [0.05, 0.1) is 0 Å². The highest BCUT2D eigenvalue weighted by Crippen LogP contribution is 2.38. The van der Waals surface area contributed by atoms with Gasteiger partial charge in [-0.2, -0.15) is 0 Å². The van der Waals surface area contributed by atoms with E-state index in [1.165, 1.54) is 12.0 Å². The van der Waals surface area contributed by atoms with Crippen LogP contribution in [0.25, 0.3) is 0 Å². The number of nitrogens with zero attached hydrogens (tertiary/aromatic N) is 2. The van der Waals surface area contributed by atoms with E-state index in [0.717, 1.165) is 69.6 Å². The van der Waals surface area contributed by atoms with Crippen molar-refractivity contribution in [3.05, 3.63) is 34.9 Å². The lowest BCUT2D eigenvalue weighted by molar-refractivity contribution is 0.0514. The van der Waals surface area contributed by atoms with Gasteiger partial charge in [0.25, 0.3) is 0 Å². The molecule has 1 unspecified atom stereocenters. The van der Waals surface area contributed by atoms with Gasteiger partial charge >= 0.3 is 0 Å². The summed E-state index contributed by atoms with van der Waals surface area (Å²) in [5.74, 6) is 0.859. The largest absolute Gasteiger partial charge is 0.381 e. The number of aliphatic imine (C=N–C) groups is 1. The van der Waals surface area contributed by atoms with Crippen LogP contribution in [0.4, 0.5) is 0 Å². The molecule has 2 rings (SSSR count). The Morgan fingerprint density at radius 2 is 1.90 bits per heavy atom. The van der Waals surface area contributed by atoms with Crippen LogP contribution in [0.3, 0.4) is 0 Å². The van der Waals surface area contributed by atoms with Crippen molar-refractivity contribution in [1.29, 1.82) is 0 Å². The van der Waals surface area contributed by atoms with E-state index < -0.39 is 0 Å². The fourth-order valence-electron chi connectivity index (χ4n) is 4.11. The molecule has 1 aliphatic rings. The number of ether oxygens (including phenoxy) is 1. The van der Waals surface area contributed by atoms with Crippen molar-refractivity contribution in [1.82, 2.24) is 15.5 Å². The molecule has 0 aromatic heterocycles. The topological polar surface area (TPSA) is 48.9 Å². The quantitative estimate of drug-likeness (QED) is 0.252. The highest BCUT2D eigenvalue weighted by molar-refractivity contribution is 14.0. The zero-order valence-corrected chi connectivity index (χ0v) is 22.1. The number of rotatable bonds is 10. The third-order valence-electron chi connectivity index (χ3n) is 6.10. The van der Waals surface area contributed by atoms with Gasteiger partial charge in [-0.05, 0) is 63.9 Å². The first-order valence-corrected chi connectivity index (χ1v) is 11.4. The lowest BCUT2D eigenvalue weighted by Crippen LogP contribution is -2.49. The lowest BCUT2D eigenvalue weighted by Gasteiger charge is -2.39. The predicted octanol–water partition coefficient (Wildman–Crippen LogP) is 4.68. The zero-order valence-electron chi connectivity index (χ0n) is 19.0. The van der Waals surface area contributed by atoms with E-state index >= 15 is 0 Å². The monoisotopic (exact) mass is 550 g/mol. The van der Waals surface area contributed by atoms with Gasteiger partial charge in [0.15, 0.2) is 5.96 Å². The first-order chi connectivity index (χ1) is 14.0. The molecule has 1 aliphatic heterocycles. The molecule has 172 valence electrons. The van der Waals surface area contributed by atoms with E-state index in [1.54, 1.807) is 0 Å². The highest BCUT2D eigenvalue weighted by Gasteiger charge is 2.36. The molecule has 7 heteroatoms. The molecule has 2 N–H and O–H groups in total. The first-order valence-electron chi connectivity index (χ1n) is 11.1. The standard InChI is InChI=1S/C23H39ClN4O.HI/c1-5-28(6-2)15-9-10-19(3)27-22(25-4)26-18-23(13-16-29-17-14-23)20-11-7-8-12-21(20)24;/h7-8,11-12,19H,5-6,9-10,13-18H2,1-4H3,(H2,25,26,27);1H. The molecule has 0 spiro atoms. The second-order valence-corrected chi connectivity index (χ2v) is 8.42. The molecule has 30 heavy (non-hydrogen) atoms. The van der Waals surface area contributed by atoms with Crippen molar-refractivity contribution in [2.45, 2.75) is 57.9 Å². The third-order valence-corrected chi connectivity index (χ3v) is 6.43. The normalized spacial score (nSPS) is 17.3. The molecular weight excluding hydrogens is 511 g/mol. The van der Waals surface area contributed by atoms with Crippen LogP contribution in [0.15, 0.2) is 29.3 Å². The molecule has 1 aromatic carbocycles. The minimum Gasteiger partial charge on any atom is -0.381 e. The van der Waals surface area contributed by atoms with Crippen molar-refractivity contribution in [2.75, 3.05) is 46.4 Å². The average Bonchev–Trinajstić information content (AvgIpc) is 2.75. The summed E-state index contributed by atoms with van der Waals surface area (Å²) >= 11 is 6.57. The first kappa shape index (κ1) is 27.5. The van der Waals surface area contributed by atoms with Crippen molar-refractivity contribution >= 4 is 41.5 Å². The maximum absolute atomic E-state index is 6.57. The maximum Gasteiger partial charge on any atom is 0.191 e. The Morgan fingerprint density at radius 3 is 2.50 bits per heavy atom. The Bertz CT molecular complexity index is 633. The number of nitrogens with one attached hydrogen (secondary N) is 2. The Balaban J connectivity index is 0.00000450. The summed E-state index contributed by atoms with van der Waals surface area (Å²) in [6, 6.07) is 8.58. The number of hydrogen-bond acceptors (Lipinski definition) is 3. The molecule has 1 heterocycles. The molecule has 1 fully saturated rings. The number of halogens is 2. The van der Waals surface area contributed by atoms with E-state index in [4.69, 9.17) is 16.3 Å². The molecule has 0 amide bonds. The second-order valence-electron chi connectivity index (χ2n) is 8.01. The van der Waals surface area contributed by atoms with Gasteiger partial charge in [0.2, 0.25) is 0 Å². The lowest BCUT2D eigenvalue weighted by atomic mass is 9.74. The minimum atomic E-state index is -0.0276. The SMILES string of the molecule is CCN(CC)CCCC(C)NC(=NC)NCC1(c2ccccc2Cl)CCOCC1.I. The van der Waals surface area contributed by atoms with E-state index in [9.17, 15) is 0 Å². The fraction of sp³-hybridized carbons (Fsp3) is 0.696. The summed E-state index contributed by atoms with van der Waals surface area (Å²) in [5.41, 5.74) is 1.18. The molecule has 1 saturated heterocycles. The fourth-order valence-corrected chi connectivity index (χ4v) is 4.44. The number of benzene rings is 1. The van der Waals surface area contributed by atoms with E-state index in [1.807, 2.05) is 19.2 Å². The highest BCUT2D eigenvalue weighted by atomic mass is 127. The predicted molar refractivity (Wildman–Crippen MR) is 140 cm³/mol. The van der Waals surface area contributed by atoms with Gasteiger partial charge in [-0.1, -0.05) is 43.6 Å². The molecule has 5 nitrogen and oxygen atoms in total. The smallest absolute Gasteiger partial charge is 0.191 e. The van der Waals surface area contributed by atoms with Crippen LogP contribution in [-0.2, 0) is 10.2 Å². The minimum absolute atomic E-state index is 0. The van der Waals surface area contributed by atoms with Crippen LogP contribution >= 0.6 is 35.6 Å². The van der Waals surface area contributed by atoms with Crippen LogP contribution in [0, 0.1) is 0 Å². The van der Waals surface area contributed by atoms with Crippen LogP contribution < -0.4 is 10.6 Å². The summed E-state index contributed by atoms with van der Waals surface area (Å²) in [6.07, 6.45) is 4.23. The van der Waals surface area contributed by atoms with Gasteiger partial charge in [-0.15, -0.1) is 24.0 Å². The van der Waals surface area contributed by atoms with E-state index in [-0.39, 0.29) is 29.4 Å². The summed E-state index contributed by atoms with van der Waals surface area (Å²) in [6.45, 7) is 12.4. The molecule has 0 aliphatic carbocycles. The summed E-state index contributed by atoms with van der Waals surface area (Å²) in [7, 11) is 1.84. The number of hydrogen-bond donors (Lipinski definition) is 2. The van der Waals surface area contributed by atoms with Gasteiger partial charge < -0.3 is 20.3 Å². The Morgan fingerprint density at radius 1 is 1.23 bits per heavy atom. The van der Waals surface area contributed by atoms with E-state index in [0.29, 0.717) is 6.04 Å². The van der Waals surface area contributed by atoms with Crippen LogP contribution in [0.1, 0.15) is 52.0 Å². The third kappa shape index (κ3) is 8.17. The maximum atomic E-state index is 6.57. The van der Waals surface area contributed by atoms with Crippen molar-refractivity contribution in [3.8, 4) is 0 Å². The molecule has 1 aromatic rings. The average molecular weight is 551 g/mol. The molecule has 1 atom stereocenters. The Labute approximate surface area is 205 Å². The van der Waals surface area contributed by atoms with Crippen molar-refractivity contribution in [2.24, 2.45) is 4.99 Å². The summed E-state index contributed by atoms with van der Waals surface area (Å²) in [4.78, 5) is 6.93. The second kappa shape index (κ2) is 14.5. The molecule has 0 saturated carbocycles. The molecule has 0 bridgehead atoms. The van der Waals surface area contributed by atoms with Gasteiger partial charge in [-0.25, -0.2) is 0 Å². The van der Waals surface area contributed by atoms with Crippen LogP contribution in [0.2, 0.25) is 5.02 Å². The van der Waals surface area contributed by atoms with Crippen molar-refractivity contribution in [3.63, 3.8) is 0 Å². The Kier molecular flexibility index (Phi) is 13.3. The molecular formula is C23H40ClIN4O. The van der Waals surface area contributed by atoms with Crippen LogP contribution in [-0.4, -0.2) is 63.3 Å². The van der Waals surface area contributed by atoms with Gasteiger partial charge in [0, 0.05) is 43.3 Å². The Hall–Kier alpha value is -0.570. The zero-order chi connectivity index (χ0) is 21.1. The van der Waals surface area contributed by atoms with Gasteiger partial charge in [0.1, 0.15) is 0 Å².